The molecular weight excluding hydrogens is 331 g/mol. The number of H-pyrrole nitrogens is 1. The van der Waals surface area contributed by atoms with Crippen LogP contribution >= 0.6 is 22.6 Å². The number of ether oxygens (including phenoxy) is 1. The van der Waals surface area contributed by atoms with Gasteiger partial charge >= 0.3 is 0 Å². The fourth-order valence-corrected chi connectivity index (χ4v) is 1.67. The lowest BCUT2D eigenvalue weighted by Crippen LogP contribution is -2.17. The number of halogens is 1. The van der Waals surface area contributed by atoms with E-state index in [-0.39, 0.29) is 5.60 Å². The molecule has 0 aliphatic heterocycles. The summed E-state index contributed by atoms with van der Waals surface area (Å²) in [7, 11) is 0. The maximum Gasteiger partial charge on any atom is 0.293 e. The van der Waals surface area contributed by atoms with Crippen molar-refractivity contribution < 1.29 is 9.53 Å². The normalized spacial score (nSPS) is 10.6. The van der Waals surface area contributed by atoms with Crippen LogP contribution in [0.5, 0.6) is 0 Å². The van der Waals surface area contributed by atoms with Gasteiger partial charge in [0.05, 0.1) is 5.52 Å². The van der Waals surface area contributed by atoms with Crippen molar-refractivity contribution in [3.05, 3.63) is 28.0 Å². The first kappa shape index (κ1) is 14.0. The number of fused-ring (bicyclic) bond motifs is 1. The van der Waals surface area contributed by atoms with Crippen LogP contribution in [0.15, 0.2) is 24.3 Å². The average molecular weight is 346 g/mol. The molecule has 0 amide bonds. The molecule has 17 heavy (non-hydrogen) atoms. The van der Waals surface area contributed by atoms with Gasteiger partial charge in [0.15, 0.2) is 0 Å². The summed E-state index contributed by atoms with van der Waals surface area (Å²) < 4.78 is 5.58. The molecule has 1 aromatic carbocycles. The first-order valence-corrected chi connectivity index (χ1v) is 6.22. The van der Waals surface area contributed by atoms with Crippen LogP contribution in [0.2, 0.25) is 0 Å². The Hall–Kier alpha value is -1.11. The van der Waals surface area contributed by atoms with Gasteiger partial charge in [0.1, 0.15) is 9.30 Å². The van der Waals surface area contributed by atoms with E-state index in [1.54, 1.807) is 0 Å². The first-order chi connectivity index (χ1) is 7.94. The topological polar surface area (TPSA) is 55.0 Å². The Morgan fingerprint density at radius 3 is 2.47 bits per heavy atom. The Morgan fingerprint density at radius 2 is 2.00 bits per heavy atom. The van der Waals surface area contributed by atoms with Crippen molar-refractivity contribution in [1.82, 2.24) is 10.2 Å². The van der Waals surface area contributed by atoms with Crippen LogP contribution in [0.25, 0.3) is 10.9 Å². The molecule has 0 aliphatic rings. The minimum atomic E-state index is -0.318. The average Bonchev–Trinajstić information content (AvgIpc) is 2.61. The molecule has 0 bridgehead atoms. The number of para-hydroxylation sites is 1. The maximum atomic E-state index is 9.60. The third kappa shape index (κ3) is 4.72. The van der Waals surface area contributed by atoms with Gasteiger partial charge in [-0.15, -0.1) is 0 Å². The zero-order valence-electron chi connectivity index (χ0n) is 10.0. The molecule has 1 heterocycles. The smallest absolute Gasteiger partial charge is 0.293 e. The van der Waals surface area contributed by atoms with Crippen LogP contribution in [0, 0.1) is 3.70 Å². The minimum absolute atomic E-state index is 0.318. The van der Waals surface area contributed by atoms with Crippen molar-refractivity contribution in [3.63, 3.8) is 0 Å². The zero-order chi connectivity index (χ0) is 12.9. The van der Waals surface area contributed by atoms with Gasteiger partial charge < -0.3 is 4.74 Å². The molecule has 0 radical (unpaired) electrons. The van der Waals surface area contributed by atoms with Gasteiger partial charge in [-0.3, -0.25) is 9.89 Å². The third-order valence-electron chi connectivity index (χ3n) is 1.83. The molecule has 1 N–H and O–H groups in total. The lowest BCUT2D eigenvalue weighted by Gasteiger charge is -2.14. The molecule has 0 atom stereocenters. The molecule has 2 rings (SSSR count). The number of aromatic amines is 1. The van der Waals surface area contributed by atoms with Crippen LogP contribution in [-0.2, 0) is 9.53 Å². The Morgan fingerprint density at radius 1 is 1.35 bits per heavy atom. The highest BCUT2D eigenvalue weighted by atomic mass is 127. The third-order valence-corrected chi connectivity index (χ3v) is 2.65. The second-order valence-electron chi connectivity index (χ2n) is 4.39. The lowest BCUT2D eigenvalue weighted by atomic mass is 10.2. The van der Waals surface area contributed by atoms with E-state index < -0.39 is 0 Å². The van der Waals surface area contributed by atoms with Crippen molar-refractivity contribution in [2.24, 2.45) is 0 Å². The Labute approximate surface area is 114 Å². The van der Waals surface area contributed by atoms with Crippen LogP contribution in [0.3, 0.4) is 0 Å². The number of hydrogen-bond acceptors (Lipinski definition) is 3. The molecule has 0 saturated heterocycles. The number of carbonyl (C=O) groups is 1. The van der Waals surface area contributed by atoms with E-state index in [0.717, 1.165) is 9.22 Å². The van der Waals surface area contributed by atoms with Crippen molar-refractivity contribution in [1.29, 1.82) is 0 Å². The predicted octanol–water partition coefficient (Wildman–Crippen LogP) is 3.13. The molecule has 4 nitrogen and oxygen atoms in total. The number of benzene rings is 1. The SMILES string of the molecule is CC(C)(C)OC=O.Ic1n[nH]c2ccccc12. The summed E-state index contributed by atoms with van der Waals surface area (Å²) >= 11 is 2.21. The van der Waals surface area contributed by atoms with Crippen molar-refractivity contribution in [2.75, 3.05) is 0 Å². The van der Waals surface area contributed by atoms with E-state index >= 15 is 0 Å². The number of hydrogen-bond donors (Lipinski definition) is 1. The highest BCUT2D eigenvalue weighted by molar-refractivity contribution is 14.1. The van der Waals surface area contributed by atoms with Crippen LogP contribution in [0.4, 0.5) is 0 Å². The van der Waals surface area contributed by atoms with Crippen LogP contribution in [-0.4, -0.2) is 22.3 Å². The number of nitrogens with zero attached hydrogens (tertiary/aromatic N) is 1. The van der Waals surface area contributed by atoms with E-state index in [0.29, 0.717) is 6.47 Å². The van der Waals surface area contributed by atoms with Crippen molar-refractivity contribution in [2.45, 2.75) is 26.4 Å². The van der Waals surface area contributed by atoms with E-state index in [1.807, 2.05) is 39.0 Å². The largest absolute Gasteiger partial charge is 0.462 e. The molecule has 1 aromatic heterocycles. The Bertz CT molecular complexity index is 488. The van der Waals surface area contributed by atoms with E-state index in [9.17, 15) is 4.79 Å². The summed E-state index contributed by atoms with van der Waals surface area (Å²) in [6, 6.07) is 8.09. The fraction of sp³-hybridized carbons (Fsp3) is 0.333. The van der Waals surface area contributed by atoms with Gasteiger partial charge in [-0.1, -0.05) is 18.2 Å². The summed E-state index contributed by atoms with van der Waals surface area (Å²) in [6.07, 6.45) is 0. The molecule has 0 aliphatic carbocycles. The predicted molar refractivity (Wildman–Crippen MR) is 75.7 cm³/mol. The molecule has 0 fully saturated rings. The molecular formula is C12H15IN2O2. The van der Waals surface area contributed by atoms with Gasteiger partial charge in [0, 0.05) is 5.39 Å². The monoisotopic (exact) mass is 346 g/mol. The lowest BCUT2D eigenvalue weighted by molar-refractivity contribution is -0.138. The molecule has 0 saturated carbocycles. The summed E-state index contributed by atoms with van der Waals surface area (Å²) in [5, 5.41) is 8.19. The fourth-order valence-electron chi connectivity index (χ4n) is 1.07. The van der Waals surface area contributed by atoms with Gasteiger partial charge in [-0.2, -0.15) is 5.10 Å². The van der Waals surface area contributed by atoms with E-state index in [2.05, 4.69) is 43.6 Å². The second-order valence-corrected chi connectivity index (χ2v) is 5.41. The summed E-state index contributed by atoms with van der Waals surface area (Å²) in [6.45, 7) is 5.92. The summed E-state index contributed by atoms with van der Waals surface area (Å²) in [5.74, 6) is 0. The van der Waals surface area contributed by atoms with Crippen LogP contribution in [0.1, 0.15) is 20.8 Å². The molecule has 92 valence electrons. The number of rotatable bonds is 1. The van der Waals surface area contributed by atoms with Crippen molar-refractivity contribution >= 4 is 40.0 Å². The van der Waals surface area contributed by atoms with Gasteiger partial charge in [-0.25, -0.2) is 0 Å². The van der Waals surface area contributed by atoms with Gasteiger partial charge in [0.2, 0.25) is 0 Å². The van der Waals surface area contributed by atoms with Crippen molar-refractivity contribution in [3.8, 4) is 0 Å². The van der Waals surface area contributed by atoms with E-state index in [1.165, 1.54) is 5.39 Å². The Balaban J connectivity index is 0.000000185. The van der Waals surface area contributed by atoms with Gasteiger partial charge in [0.25, 0.3) is 6.47 Å². The molecule has 2 aromatic rings. The molecule has 0 spiro atoms. The number of carbonyl (C=O) groups excluding carboxylic acids is 1. The highest BCUT2D eigenvalue weighted by Crippen LogP contribution is 2.15. The standard InChI is InChI=1S/C7H5IN2.C5H10O2/c8-7-5-3-1-2-4-6(5)9-10-7;1-5(2,3)7-4-6/h1-4H,(H,9,10);4H,1-3H3. The molecule has 0 unspecified atom stereocenters. The maximum absolute atomic E-state index is 9.60. The second kappa shape index (κ2) is 6.00. The summed E-state index contributed by atoms with van der Waals surface area (Å²) in [5.41, 5.74) is 0.786. The van der Waals surface area contributed by atoms with E-state index in [4.69, 9.17) is 0 Å². The zero-order valence-corrected chi connectivity index (χ0v) is 12.2. The quantitative estimate of drug-likeness (QED) is 0.638. The first-order valence-electron chi connectivity index (χ1n) is 5.14. The number of aromatic nitrogens is 2. The summed E-state index contributed by atoms with van der Waals surface area (Å²) in [4.78, 5) is 9.60. The number of nitrogens with one attached hydrogen (secondary N) is 1. The Kier molecular flexibility index (Phi) is 4.92. The molecule has 5 heteroatoms. The minimum Gasteiger partial charge on any atom is -0.462 e. The van der Waals surface area contributed by atoms with Crippen LogP contribution < -0.4 is 0 Å². The van der Waals surface area contributed by atoms with Gasteiger partial charge in [-0.05, 0) is 49.4 Å². The highest BCUT2D eigenvalue weighted by Gasteiger charge is 2.07.